The number of hydrogen-bond donors (Lipinski definition) is 2. The summed E-state index contributed by atoms with van der Waals surface area (Å²) in [4.78, 5) is 17.3. The molecule has 3 aromatic heterocycles. The molecular weight excluding hydrogens is 320 g/mol. The predicted octanol–water partition coefficient (Wildman–Crippen LogP) is 1.57. The van der Waals surface area contributed by atoms with E-state index in [1.165, 1.54) is 0 Å². The Morgan fingerprint density at radius 3 is 3.04 bits per heavy atom. The summed E-state index contributed by atoms with van der Waals surface area (Å²) in [5.74, 6) is -0.136. The number of carbonyl (C=O) groups is 1. The standard InChI is InChI=1S/C17H20N6O2/c1-9-8-11(14-10(2)21-22-16(14)19-9)17(24)20-12-5-7-25-15(12)13-4-6-18-23(13)3/h4,6,8,12,15H,5,7H2,1-3H3,(H,20,24)(H,19,21,22)/t12-,15-/m0/s1. The molecule has 2 N–H and O–H groups in total. The number of aromatic amines is 1. The number of nitrogens with zero attached hydrogens (tertiary/aromatic N) is 4. The van der Waals surface area contributed by atoms with Crippen molar-refractivity contribution in [2.75, 3.05) is 6.61 Å². The molecule has 2 atom stereocenters. The van der Waals surface area contributed by atoms with Gasteiger partial charge < -0.3 is 10.1 Å². The fraction of sp³-hybridized carbons (Fsp3) is 0.412. The number of aromatic nitrogens is 5. The van der Waals surface area contributed by atoms with E-state index in [-0.39, 0.29) is 18.1 Å². The molecule has 4 rings (SSSR count). The van der Waals surface area contributed by atoms with E-state index in [1.807, 2.05) is 27.0 Å². The van der Waals surface area contributed by atoms with Crippen molar-refractivity contribution in [3.63, 3.8) is 0 Å². The van der Waals surface area contributed by atoms with Crippen molar-refractivity contribution in [1.29, 1.82) is 0 Å². The molecule has 4 heterocycles. The summed E-state index contributed by atoms with van der Waals surface area (Å²) >= 11 is 0. The van der Waals surface area contributed by atoms with E-state index in [1.54, 1.807) is 16.9 Å². The number of carbonyl (C=O) groups excluding carboxylic acids is 1. The molecule has 3 aromatic rings. The van der Waals surface area contributed by atoms with Gasteiger partial charge in [0, 0.05) is 31.2 Å². The van der Waals surface area contributed by atoms with Crippen LogP contribution in [0.2, 0.25) is 0 Å². The molecule has 0 unspecified atom stereocenters. The highest BCUT2D eigenvalue weighted by Crippen LogP contribution is 2.29. The lowest BCUT2D eigenvalue weighted by atomic mass is 10.0. The maximum Gasteiger partial charge on any atom is 0.252 e. The van der Waals surface area contributed by atoms with Crippen molar-refractivity contribution in [3.8, 4) is 0 Å². The average Bonchev–Trinajstić information content (AvgIpc) is 3.28. The second-order valence-electron chi connectivity index (χ2n) is 6.40. The Hall–Kier alpha value is -2.74. The van der Waals surface area contributed by atoms with Gasteiger partial charge in [-0.05, 0) is 32.4 Å². The van der Waals surface area contributed by atoms with E-state index in [0.29, 0.717) is 17.8 Å². The topological polar surface area (TPSA) is 97.7 Å². The van der Waals surface area contributed by atoms with Gasteiger partial charge in [-0.1, -0.05) is 0 Å². The monoisotopic (exact) mass is 340 g/mol. The lowest BCUT2D eigenvalue weighted by molar-refractivity contribution is 0.0793. The van der Waals surface area contributed by atoms with Crippen LogP contribution in [0.15, 0.2) is 18.3 Å². The molecule has 1 amide bonds. The average molecular weight is 340 g/mol. The van der Waals surface area contributed by atoms with Gasteiger partial charge in [-0.3, -0.25) is 14.6 Å². The molecule has 0 aromatic carbocycles. The molecular formula is C17H20N6O2. The number of aryl methyl sites for hydroxylation is 3. The van der Waals surface area contributed by atoms with Crippen LogP contribution in [0.1, 0.15) is 40.0 Å². The van der Waals surface area contributed by atoms with Crippen LogP contribution >= 0.6 is 0 Å². The van der Waals surface area contributed by atoms with Crippen LogP contribution in [0, 0.1) is 13.8 Å². The van der Waals surface area contributed by atoms with Gasteiger partial charge >= 0.3 is 0 Å². The third-order valence-electron chi connectivity index (χ3n) is 4.64. The summed E-state index contributed by atoms with van der Waals surface area (Å²) in [7, 11) is 1.88. The van der Waals surface area contributed by atoms with Crippen LogP contribution in [0.4, 0.5) is 0 Å². The van der Waals surface area contributed by atoms with Crippen molar-refractivity contribution in [2.45, 2.75) is 32.4 Å². The first-order valence-corrected chi connectivity index (χ1v) is 8.27. The van der Waals surface area contributed by atoms with Gasteiger partial charge in [0.1, 0.15) is 6.10 Å². The molecule has 0 spiro atoms. The minimum absolute atomic E-state index is 0.0985. The highest BCUT2D eigenvalue weighted by atomic mass is 16.5. The zero-order chi connectivity index (χ0) is 17.6. The van der Waals surface area contributed by atoms with Crippen LogP contribution in [0.25, 0.3) is 11.0 Å². The van der Waals surface area contributed by atoms with Crippen molar-refractivity contribution in [1.82, 2.24) is 30.3 Å². The number of hydrogen-bond acceptors (Lipinski definition) is 5. The molecule has 1 aliphatic rings. The van der Waals surface area contributed by atoms with E-state index >= 15 is 0 Å². The van der Waals surface area contributed by atoms with Gasteiger partial charge in [0.25, 0.3) is 5.91 Å². The van der Waals surface area contributed by atoms with Crippen molar-refractivity contribution >= 4 is 16.9 Å². The second-order valence-corrected chi connectivity index (χ2v) is 6.40. The number of rotatable bonds is 3. The van der Waals surface area contributed by atoms with Crippen LogP contribution in [-0.4, -0.2) is 43.5 Å². The Morgan fingerprint density at radius 2 is 2.28 bits per heavy atom. The first kappa shape index (κ1) is 15.8. The van der Waals surface area contributed by atoms with Crippen LogP contribution in [0.5, 0.6) is 0 Å². The summed E-state index contributed by atoms with van der Waals surface area (Å²) in [6.07, 6.45) is 2.31. The van der Waals surface area contributed by atoms with Crippen molar-refractivity contribution in [2.24, 2.45) is 7.05 Å². The molecule has 0 aliphatic carbocycles. The fourth-order valence-electron chi connectivity index (χ4n) is 3.42. The highest BCUT2D eigenvalue weighted by Gasteiger charge is 2.33. The van der Waals surface area contributed by atoms with Gasteiger partial charge in [0.05, 0.1) is 22.7 Å². The molecule has 130 valence electrons. The number of ether oxygens (including phenoxy) is 1. The van der Waals surface area contributed by atoms with Gasteiger partial charge in [-0.25, -0.2) is 4.98 Å². The minimum atomic E-state index is -0.194. The SMILES string of the molecule is Cc1cc(C(=O)N[C@H]2CCO[C@@H]2c2ccnn2C)c2c(C)[nH]nc2n1. The lowest BCUT2D eigenvalue weighted by Gasteiger charge is -2.20. The Balaban J connectivity index is 1.64. The predicted molar refractivity (Wildman–Crippen MR) is 91.1 cm³/mol. The Bertz CT molecular complexity index is 944. The first-order valence-electron chi connectivity index (χ1n) is 8.27. The fourth-order valence-corrected chi connectivity index (χ4v) is 3.42. The van der Waals surface area contributed by atoms with E-state index in [4.69, 9.17) is 4.74 Å². The summed E-state index contributed by atoms with van der Waals surface area (Å²) in [5, 5.41) is 15.2. The third-order valence-corrected chi connectivity index (χ3v) is 4.64. The summed E-state index contributed by atoms with van der Waals surface area (Å²) in [6.45, 7) is 4.36. The van der Waals surface area contributed by atoms with Crippen LogP contribution < -0.4 is 5.32 Å². The lowest BCUT2D eigenvalue weighted by Crippen LogP contribution is -2.37. The van der Waals surface area contributed by atoms with E-state index in [9.17, 15) is 4.79 Å². The molecule has 1 fully saturated rings. The van der Waals surface area contributed by atoms with E-state index in [2.05, 4.69) is 25.6 Å². The second kappa shape index (κ2) is 5.96. The summed E-state index contributed by atoms with van der Waals surface area (Å²) in [6, 6.07) is 3.62. The quantitative estimate of drug-likeness (QED) is 0.754. The van der Waals surface area contributed by atoms with Crippen molar-refractivity contribution in [3.05, 3.63) is 41.0 Å². The normalized spacial score (nSPS) is 20.3. The largest absolute Gasteiger partial charge is 0.370 e. The smallest absolute Gasteiger partial charge is 0.252 e. The molecule has 1 aliphatic heterocycles. The number of amides is 1. The molecule has 0 bridgehead atoms. The van der Waals surface area contributed by atoms with Gasteiger partial charge in [-0.15, -0.1) is 0 Å². The molecule has 0 saturated carbocycles. The van der Waals surface area contributed by atoms with Crippen molar-refractivity contribution < 1.29 is 9.53 Å². The van der Waals surface area contributed by atoms with E-state index in [0.717, 1.165) is 28.9 Å². The zero-order valence-corrected chi connectivity index (χ0v) is 14.4. The molecule has 1 saturated heterocycles. The zero-order valence-electron chi connectivity index (χ0n) is 14.4. The Morgan fingerprint density at radius 1 is 1.44 bits per heavy atom. The third kappa shape index (κ3) is 2.68. The molecule has 8 nitrogen and oxygen atoms in total. The van der Waals surface area contributed by atoms with Gasteiger partial charge in [0.15, 0.2) is 5.65 Å². The Labute approximate surface area is 144 Å². The maximum atomic E-state index is 13.0. The Kier molecular flexibility index (Phi) is 3.76. The highest BCUT2D eigenvalue weighted by molar-refractivity contribution is 6.06. The van der Waals surface area contributed by atoms with E-state index < -0.39 is 0 Å². The number of nitrogens with one attached hydrogen (secondary N) is 2. The maximum absolute atomic E-state index is 13.0. The molecule has 8 heteroatoms. The summed E-state index contributed by atoms with van der Waals surface area (Å²) < 4.78 is 7.62. The number of fused-ring (bicyclic) bond motifs is 1. The first-order chi connectivity index (χ1) is 12.0. The summed E-state index contributed by atoms with van der Waals surface area (Å²) in [5.41, 5.74) is 3.70. The number of pyridine rings is 1. The number of H-pyrrole nitrogens is 1. The molecule has 0 radical (unpaired) electrons. The van der Waals surface area contributed by atoms with Crippen LogP contribution in [0.3, 0.4) is 0 Å². The minimum Gasteiger partial charge on any atom is -0.370 e. The molecule has 25 heavy (non-hydrogen) atoms. The van der Waals surface area contributed by atoms with Crippen LogP contribution in [-0.2, 0) is 11.8 Å². The van der Waals surface area contributed by atoms with Gasteiger partial charge in [0.2, 0.25) is 0 Å². The van der Waals surface area contributed by atoms with Gasteiger partial charge in [-0.2, -0.15) is 10.2 Å².